The van der Waals surface area contributed by atoms with E-state index in [4.69, 9.17) is 4.74 Å². The van der Waals surface area contributed by atoms with Gasteiger partial charge in [0, 0.05) is 12.6 Å². The van der Waals surface area contributed by atoms with E-state index in [1.807, 2.05) is 12.1 Å². The summed E-state index contributed by atoms with van der Waals surface area (Å²) in [4.78, 5) is 2.48. The maximum Gasteiger partial charge on any atom is 0.115 e. The van der Waals surface area contributed by atoms with Crippen molar-refractivity contribution in [2.45, 2.75) is 45.3 Å². The van der Waals surface area contributed by atoms with Crippen LogP contribution in [0.3, 0.4) is 0 Å². The fourth-order valence-corrected chi connectivity index (χ4v) is 3.20. The van der Waals surface area contributed by atoms with Gasteiger partial charge in [-0.3, -0.25) is 4.90 Å². The average molecular weight is 263 g/mol. The Morgan fingerprint density at radius 3 is 2.47 bits per heavy atom. The van der Waals surface area contributed by atoms with Crippen LogP contribution in [0, 0.1) is 0 Å². The molecule has 1 aromatic carbocycles. The highest BCUT2D eigenvalue weighted by atomic mass is 16.5. The molecule has 3 nitrogen and oxygen atoms in total. The molecule has 0 amide bonds. The summed E-state index contributed by atoms with van der Waals surface area (Å²) in [5.74, 6) is 0.308. The van der Waals surface area contributed by atoms with Crippen LogP contribution in [0.2, 0.25) is 0 Å². The fraction of sp³-hybridized carbons (Fsp3) is 0.625. The molecule has 0 aromatic heterocycles. The number of nitrogens with zero attached hydrogens (tertiary/aromatic N) is 1. The van der Waals surface area contributed by atoms with E-state index in [1.54, 1.807) is 12.1 Å². The standard InChI is InChI=1S/C16H25NO2/c1-4-17(5-2)15-7-6-12-19-16(15,3)13-8-10-14(18)11-9-13/h8-11,15,18H,4-7,12H2,1-3H3. The molecule has 0 radical (unpaired) electrons. The molecule has 0 bridgehead atoms. The Labute approximate surface area is 116 Å². The maximum absolute atomic E-state index is 9.46. The predicted octanol–water partition coefficient (Wildman–Crippen LogP) is 3.13. The van der Waals surface area contributed by atoms with Crippen molar-refractivity contribution in [1.82, 2.24) is 4.90 Å². The minimum Gasteiger partial charge on any atom is -0.508 e. The first-order valence-electron chi connectivity index (χ1n) is 7.29. The first-order chi connectivity index (χ1) is 9.11. The monoisotopic (exact) mass is 263 g/mol. The molecule has 1 aliphatic heterocycles. The topological polar surface area (TPSA) is 32.7 Å². The molecule has 3 heteroatoms. The summed E-state index contributed by atoms with van der Waals surface area (Å²) in [6.07, 6.45) is 2.29. The second-order valence-corrected chi connectivity index (χ2v) is 5.38. The van der Waals surface area contributed by atoms with Crippen LogP contribution in [0.4, 0.5) is 0 Å². The van der Waals surface area contributed by atoms with Gasteiger partial charge in [0.1, 0.15) is 11.4 Å². The van der Waals surface area contributed by atoms with Crippen molar-refractivity contribution in [1.29, 1.82) is 0 Å². The van der Waals surface area contributed by atoms with Crippen molar-refractivity contribution < 1.29 is 9.84 Å². The molecule has 2 rings (SSSR count). The molecule has 0 saturated carbocycles. The van der Waals surface area contributed by atoms with Gasteiger partial charge in [-0.2, -0.15) is 0 Å². The van der Waals surface area contributed by atoms with E-state index in [1.165, 1.54) is 6.42 Å². The lowest BCUT2D eigenvalue weighted by molar-refractivity contribution is -0.126. The Hall–Kier alpha value is -1.06. The first kappa shape index (κ1) is 14.4. The largest absolute Gasteiger partial charge is 0.508 e. The van der Waals surface area contributed by atoms with Crippen molar-refractivity contribution in [3.8, 4) is 5.75 Å². The highest BCUT2D eigenvalue weighted by Crippen LogP contribution is 2.38. The first-order valence-corrected chi connectivity index (χ1v) is 7.29. The summed E-state index contributed by atoms with van der Waals surface area (Å²) >= 11 is 0. The Morgan fingerprint density at radius 2 is 1.89 bits per heavy atom. The lowest BCUT2D eigenvalue weighted by Crippen LogP contribution is -2.53. The van der Waals surface area contributed by atoms with Gasteiger partial charge in [0.15, 0.2) is 0 Å². The van der Waals surface area contributed by atoms with Crippen molar-refractivity contribution in [3.05, 3.63) is 29.8 Å². The summed E-state index contributed by atoms with van der Waals surface area (Å²) in [7, 11) is 0. The molecule has 1 N–H and O–H groups in total. The van der Waals surface area contributed by atoms with Crippen LogP contribution in [0.25, 0.3) is 0 Å². The fourth-order valence-electron chi connectivity index (χ4n) is 3.20. The predicted molar refractivity (Wildman–Crippen MR) is 77.4 cm³/mol. The number of hydrogen-bond donors (Lipinski definition) is 1. The molecule has 1 fully saturated rings. The number of likely N-dealkylation sites (N-methyl/N-ethyl adjacent to an activating group) is 1. The number of phenols is 1. The quantitative estimate of drug-likeness (QED) is 0.906. The van der Waals surface area contributed by atoms with Crippen molar-refractivity contribution in [3.63, 3.8) is 0 Å². The average Bonchev–Trinajstić information content (AvgIpc) is 2.43. The Bertz CT molecular complexity index is 400. The molecule has 1 aliphatic rings. The van der Waals surface area contributed by atoms with E-state index in [0.717, 1.165) is 31.7 Å². The Balaban J connectivity index is 2.33. The van der Waals surface area contributed by atoms with Gasteiger partial charge in [-0.05, 0) is 50.6 Å². The SMILES string of the molecule is CCN(CC)C1CCCOC1(C)c1ccc(O)cc1. The molecular formula is C16H25NO2. The number of phenolic OH excluding ortho intramolecular Hbond substituents is 1. The maximum atomic E-state index is 9.46. The van der Waals surface area contributed by atoms with E-state index in [0.29, 0.717) is 11.8 Å². The molecular weight excluding hydrogens is 238 g/mol. The number of aromatic hydroxyl groups is 1. The minimum atomic E-state index is -0.280. The van der Waals surface area contributed by atoms with E-state index < -0.39 is 0 Å². The van der Waals surface area contributed by atoms with Crippen molar-refractivity contribution >= 4 is 0 Å². The number of rotatable bonds is 4. The van der Waals surface area contributed by atoms with Gasteiger partial charge < -0.3 is 9.84 Å². The smallest absolute Gasteiger partial charge is 0.115 e. The minimum absolute atomic E-state index is 0.280. The van der Waals surface area contributed by atoms with Gasteiger partial charge in [-0.1, -0.05) is 26.0 Å². The van der Waals surface area contributed by atoms with Crippen LogP contribution >= 0.6 is 0 Å². The van der Waals surface area contributed by atoms with Crippen molar-refractivity contribution in [2.75, 3.05) is 19.7 Å². The van der Waals surface area contributed by atoms with Crippen molar-refractivity contribution in [2.24, 2.45) is 0 Å². The van der Waals surface area contributed by atoms with Crippen LogP contribution in [-0.2, 0) is 10.3 Å². The van der Waals surface area contributed by atoms with Gasteiger partial charge in [-0.15, -0.1) is 0 Å². The molecule has 0 aliphatic carbocycles. The lowest BCUT2D eigenvalue weighted by Gasteiger charge is -2.46. The molecule has 2 unspecified atom stereocenters. The number of hydrogen-bond acceptors (Lipinski definition) is 3. The van der Waals surface area contributed by atoms with Crippen LogP contribution < -0.4 is 0 Å². The molecule has 106 valence electrons. The molecule has 1 aromatic rings. The van der Waals surface area contributed by atoms with E-state index in [9.17, 15) is 5.11 Å². The summed E-state index contributed by atoms with van der Waals surface area (Å²) < 4.78 is 6.17. The zero-order valence-corrected chi connectivity index (χ0v) is 12.2. The zero-order valence-electron chi connectivity index (χ0n) is 12.2. The number of benzene rings is 1. The van der Waals surface area contributed by atoms with Crippen LogP contribution in [0.5, 0.6) is 5.75 Å². The third-order valence-electron chi connectivity index (χ3n) is 4.35. The Kier molecular flexibility index (Phi) is 4.48. The second kappa shape index (κ2) is 5.93. The van der Waals surface area contributed by atoms with Crippen LogP contribution in [0.1, 0.15) is 39.2 Å². The van der Waals surface area contributed by atoms with Gasteiger partial charge in [0.2, 0.25) is 0 Å². The van der Waals surface area contributed by atoms with E-state index in [2.05, 4.69) is 25.7 Å². The highest BCUT2D eigenvalue weighted by Gasteiger charge is 2.41. The third-order valence-corrected chi connectivity index (χ3v) is 4.35. The third kappa shape index (κ3) is 2.77. The van der Waals surface area contributed by atoms with Gasteiger partial charge in [-0.25, -0.2) is 0 Å². The normalized spacial score (nSPS) is 27.7. The van der Waals surface area contributed by atoms with Gasteiger partial charge in [0.05, 0.1) is 0 Å². The summed E-state index contributed by atoms with van der Waals surface area (Å²) in [6, 6.07) is 7.87. The zero-order chi connectivity index (χ0) is 13.9. The van der Waals surface area contributed by atoms with Crippen LogP contribution in [-0.4, -0.2) is 35.7 Å². The van der Waals surface area contributed by atoms with Gasteiger partial charge >= 0.3 is 0 Å². The number of ether oxygens (including phenoxy) is 1. The molecule has 0 spiro atoms. The van der Waals surface area contributed by atoms with E-state index in [-0.39, 0.29) is 5.60 Å². The molecule has 2 atom stereocenters. The summed E-state index contributed by atoms with van der Waals surface area (Å²) in [5, 5.41) is 9.46. The van der Waals surface area contributed by atoms with E-state index >= 15 is 0 Å². The summed E-state index contributed by atoms with van der Waals surface area (Å²) in [6.45, 7) is 9.48. The molecule has 1 saturated heterocycles. The second-order valence-electron chi connectivity index (χ2n) is 5.38. The highest BCUT2D eigenvalue weighted by molar-refractivity contribution is 5.31. The Morgan fingerprint density at radius 1 is 1.26 bits per heavy atom. The van der Waals surface area contributed by atoms with Crippen LogP contribution in [0.15, 0.2) is 24.3 Å². The summed E-state index contributed by atoms with van der Waals surface area (Å²) in [5.41, 5.74) is 0.875. The molecule has 19 heavy (non-hydrogen) atoms. The molecule has 1 heterocycles. The lowest BCUT2D eigenvalue weighted by atomic mass is 9.82. The van der Waals surface area contributed by atoms with Gasteiger partial charge in [0.25, 0.3) is 0 Å².